The SMILES string of the molecule is CCc1cc(C2CCCC2)c(C(=O)O)n1C. The number of aromatic nitrogens is 1. The van der Waals surface area contributed by atoms with Gasteiger partial charge in [0, 0.05) is 12.7 Å². The van der Waals surface area contributed by atoms with Crippen molar-refractivity contribution in [3.8, 4) is 0 Å². The lowest BCUT2D eigenvalue weighted by molar-refractivity contribution is 0.0684. The predicted molar refractivity (Wildman–Crippen MR) is 63.0 cm³/mol. The summed E-state index contributed by atoms with van der Waals surface area (Å²) in [5.41, 5.74) is 2.69. The second kappa shape index (κ2) is 4.32. The van der Waals surface area contributed by atoms with Crippen molar-refractivity contribution in [1.29, 1.82) is 0 Å². The first-order valence-electron chi connectivity index (χ1n) is 6.07. The highest BCUT2D eigenvalue weighted by Crippen LogP contribution is 2.37. The maximum absolute atomic E-state index is 11.3. The van der Waals surface area contributed by atoms with Crippen molar-refractivity contribution in [3.05, 3.63) is 23.0 Å². The molecule has 0 saturated heterocycles. The Hall–Kier alpha value is -1.25. The van der Waals surface area contributed by atoms with Crippen LogP contribution in [-0.4, -0.2) is 15.6 Å². The molecule has 0 atom stereocenters. The van der Waals surface area contributed by atoms with E-state index in [1.54, 1.807) is 0 Å². The Morgan fingerprint density at radius 3 is 2.62 bits per heavy atom. The van der Waals surface area contributed by atoms with Gasteiger partial charge in [-0.2, -0.15) is 0 Å². The highest BCUT2D eigenvalue weighted by molar-refractivity contribution is 5.88. The lowest BCUT2D eigenvalue weighted by Gasteiger charge is -2.09. The first-order valence-corrected chi connectivity index (χ1v) is 6.07. The molecule has 2 rings (SSSR count). The van der Waals surface area contributed by atoms with Gasteiger partial charge in [-0.1, -0.05) is 19.8 Å². The molecule has 16 heavy (non-hydrogen) atoms. The number of carbonyl (C=O) groups is 1. The van der Waals surface area contributed by atoms with E-state index in [-0.39, 0.29) is 0 Å². The van der Waals surface area contributed by atoms with Gasteiger partial charge in [-0.25, -0.2) is 4.79 Å². The van der Waals surface area contributed by atoms with Gasteiger partial charge in [0.15, 0.2) is 0 Å². The number of aromatic carboxylic acids is 1. The largest absolute Gasteiger partial charge is 0.477 e. The second-order valence-electron chi connectivity index (χ2n) is 4.64. The molecule has 1 heterocycles. The molecule has 0 bridgehead atoms. The minimum absolute atomic E-state index is 0.470. The van der Waals surface area contributed by atoms with Crippen LogP contribution in [0.4, 0.5) is 0 Å². The molecule has 0 radical (unpaired) electrons. The van der Waals surface area contributed by atoms with Crippen LogP contribution >= 0.6 is 0 Å². The molecule has 0 unspecified atom stereocenters. The third-order valence-electron chi connectivity index (χ3n) is 3.72. The van der Waals surface area contributed by atoms with Gasteiger partial charge in [-0.3, -0.25) is 0 Å². The molecule has 0 aliphatic heterocycles. The first-order chi connectivity index (χ1) is 7.65. The number of nitrogens with zero attached hydrogens (tertiary/aromatic N) is 1. The third-order valence-corrected chi connectivity index (χ3v) is 3.72. The highest BCUT2D eigenvalue weighted by Gasteiger charge is 2.26. The fourth-order valence-corrected chi connectivity index (χ4v) is 2.84. The summed E-state index contributed by atoms with van der Waals surface area (Å²) in [6.45, 7) is 2.07. The van der Waals surface area contributed by atoms with E-state index in [9.17, 15) is 9.90 Å². The van der Waals surface area contributed by atoms with Crippen molar-refractivity contribution < 1.29 is 9.90 Å². The molecule has 0 spiro atoms. The second-order valence-corrected chi connectivity index (χ2v) is 4.64. The topological polar surface area (TPSA) is 42.2 Å². The summed E-state index contributed by atoms with van der Waals surface area (Å²) in [5.74, 6) is -0.318. The Labute approximate surface area is 96.1 Å². The molecular formula is C13H19NO2. The average molecular weight is 221 g/mol. The summed E-state index contributed by atoms with van der Waals surface area (Å²) < 4.78 is 1.84. The standard InChI is InChI=1S/C13H19NO2/c1-3-10-8-11(9-6-4-5-7-9)12(13(15)16)14(10)2/h8-9H,3-7H2,1-2H3,(H,15,16). The van der Waals surface area contributed by atoms with E-state index < -0.39 is 5.97 Å². The van der Waals surface area contributed by atoms with E-state index in [0.717, 1.165) is 30.5 Å². The predicted octanol–water partition coefficient (Wildman–Crippen LogP) is 2.94. The Bertz CT molecular complexity index is 400. The van der Waals surface area contributed by atoms with Crippen molar-refractivity contribution in [2.75, 3.05) is 0 Å². The summed E-state index contributed by atoms with van der Waals surface area (Å²) in [4.78, 5) is 11.3. The van der Waals surface area contributed by atoms with E-state index in [1.807, 2.05) is 11.6 Å². The Morgan fingerprint density at radius 2 is 2.12 bits per heavy atom. The fraction of sp³-hybridized carbons (Fsp3) is 0.615. The molecule has 0 aromatic carbocycles. The van der Waals surface area contributed by atoms with E-state index in [0.29, 0.717) is 11.6 Å². The molecule has 88 valence electrons. The zero-order valence-corrected chi connectivity index (χ0v) is 9.99. The monoisotopic (exact) mass is 221 g/mol. The van der Waals surface area contributed by atoms with Crippen LogP contribution in [0.25, 0.3) is 0 Å². The van der Waals surface area contributed by atoms with Crippen LogP contribution in [0.1, 0.15) is 60.3 Å². The van der Waals surface area contributed by atoms with Crippen LogP contribution in [0.2, 0.25) is 0 Å². The minimum atomic E-state index is -0.788. The number of carboxylic acid groups (broad SMARTS) is 1. The lowest BCUT2D eigenvalue weighted by Crippen LogP contribution is -2.10. The van der Waals surface area contributed by atoms with Crippen LogP contribution < -0.4 is 0 Å². The summed E-state index contributed by atoms with van der Waals surface area (Å²) in [6.07, 6.45) is 5.66. The quantitative estimate of drug-likeness (QED) is 0.852. The Balaban J connectivity index is 2.46. The zero-order chi connectivity index (χ0) is 11.7. The first kappa shape index (κ1) is 11.2. The van der Waals surface area contributed by atoms with E-state index in [1.165, 1.54) is 12.8 Å². The van der Waals surface area contributed by atoms with Gasteiger partial charge in [0.05, 0.1) is 0 Å². The summed E-state index contributed by atoms with van der Waals surface area (Å²) in [6, 6.07) is 2.10. The molecule has 1 saturated carbocycles. The van der Waals surface area contributed by atoms with Crippen LogP contribution in [0.3, 0.4) is 0 Å². The molecule has 3 heteroatoms. The van der Waals surface area contributed by atoms with Crippen LogP contribution in [-0.2, 0) is 13.5 Å². The van der Waals surface area contributed by atoms with Gasteiger partial charge in [0.25, 0.3) is 0 Å². The number of hydrogen-bond donors (Lipinski definition) is 1. The molecule has 1 aromatic heterocycles. The Kier molecular flexibility index (Phi) is 3.03. The molecule has 1 N–H and O–H groups in total. The average Bonchev–Trinajstić information content (AvgIpc) is 2.83. The van der Waals surface area contributed by atoms with Gasteiger partial charge < -0.3 is 9.67 Å². The van der Waals surface area contributed by atoms with Crippen LogP contribution in [0.5, 0.6) is 0 Å². The van der Waals surface area contributed by atoms with Crippen molar-refractivity contribution in [3.63, 3.8) is 0 Å². The zero-order valence-electron chi connectivity index (χ0n) is 9.99. The maximum atomic E-state index is 11.3. The van der Waals surface area contributed by atoms with E-state index in [2.05, 4.69) is 13.0 Å². The van der Waals surface area contributed by atoms with Crippen molar-refractivity contribution in [1.82, 2.24) is 4.57 Å². The van der Waals surface area contributed by atoms with E-state index in [4.69, 9.17) is 0 Å². The molecular weight excluding hydrogens is 202 g/mol. The molecule has 1 aliphatic rings. The number of carboxylic acids is 1. The van der Waals surface area contributed by atoms with Gasteiger partial charge in [0.1, 0.15) is 5.69 Å². The molecule has 3 nitrogen and oxygen atoms in total. The fourth-order valence-electron chi connectivity index (χ4n) is 2.84. The number of aryl methyl sites for hydroxylation is 1. The molecule has 1 fully saturated rings. The van der Waals surface area contributed by atoms with Gasteiger partial charge in [0.2, 0.25) is 0 Å². The normalized spacial score (nSPS) is 16.9. The van der Waals surface area contributed by atoms with Gasteiger partial charge in [-0.05, 0) is 36.8 Å². The smallest absolute Gasteiger partial charge is 0.352 e. The van der Waals surface area contributed by atoms with E-state index >= 15 is 0 Å². The molecule has 1 aliphatic carbocycles. The number of rotatable bonds is 3. The Morgan fingerprint density at radius 1 is 1.50 bits per heavy atom. The van der Waals surface area contributed by atoms with Crippen molar-refractivity contribution in [2.24, 2.45) is 7.05 Å². The summed E-state index contributed by atoms with van der Waals surface area (Å²) >= 11 is 0. The summed E-state index contributed by atoms with van der Waals surface area (Å²) in [7, 11) is 1.86. The summed E-state index contributed by atoms with van der Waals surface area (Å²) in [5, 5.41) is 9.29. The van der Waals surface area contributed by atoms with Crippen molar-refractivity contribution in [2.45, 2.75) is 44.9 Å². The number of hydrogen-bond acceptors (Lipinski definition) is 1. The third kappa shape index (κ3) is 1.75. The highest BCUT2D eigenvalue weighted by atomic mass is 16.4. The van der Waals surface area contributed by atoms with Crippen LogP contribution in [0, 0.1) is 0 Å². The maximum Gasteiger partial charge on any atom is 0.352 e. The lowest BCUT2D eigenvalue weighted by atomic mass is 9.97. The van der Waals surface area contributed by atoms with Crippen LogP contribution in [0.15, 0.2) is 6.07 Å². The molecule has 1 aromatic rings. The minimum Gasteiger partial charge on any atom is -0.477 e. The van der Waals surface area contributed by atoms with Gasteiger partial charge in [-0.15, -0.1) is 0 Å². The van der Waals surface area contributed by atoms with Gasteiger partial charge >= 0.3 is 5.97 Å². The molecule has 0 amide bonds. The van der Waals surface area contributed by atoms with Crippen molar-refractivity contribution >= 4 is 5.97 Å².